The Labute approximate surface area is 146 Å². The summed E-state index contributed by atoms with van der Waals surface area (Å²) in [7, 11) is 0. The third-order valence-electron chi connectivity index (χ3n) is 4.70. The summed E-state index contributed by atoms with van der Waals surface area (Å²) in [5, 5.41) is 11.5. The van der Waals surface area contributed by atoms with Crippen molar-refractivity contribution in [1.29, 1.82) is 0 Å². The van der Waals surface area contributed by atoms with Gasteiger partial charge in [0.1, 0.15) is 0 Å². The van der Waals surface area contributed by atoms with Gasteiger partial charge in [0.2, 0.25) is 0 Å². The van der Waals surface area contributed by atoms with Crippen molar-refractivity contribution in [2.45, 2.75) is 59.5 Å². The fourth-order valence-electron chi connectivity index (χ4n) is 3.64. The number of hydrogen-bond acceptors (Lipinski definition) is 4. The van der Waals surface area contributed by atoms with Gasteiger partial charge in [0.05, 0.1) is 28.5 Å². The van der Waals surface area contributed by atoms with Crippen LogP contribution in [0.3, 0.4) is 0 Å². The molecule has 0 spiro atoms. The SMILES string of the molecule is Cc1nc(C)c([C@H](C)NC(=O)N2CCC[C@@H]2c2c(C)n[nH]c2C)s1. The molecule has 2 aromatic heterocycles. The van der Waals surface area contributed by atoms with E-state index in [1.54, 1.807) is 11.3 Å². The van der Waals surface area contributed by atoms with Crippen LogP contribution in [0.25, 0.3) is 0 Å². The molecule has 24 heavy (non-hydrogen) atoms. The van der Waals surface area contributed by atoms with Crippen molar-refractivity contribution < 1.29 is 4.79 Å². The maximum absolute atomic E-state index is 12.8. The summed E-state index contributed by atoms with van der Waals surface area (Å²) in [4.78, 5) is 20.4. The van der Waals surface area contributed by atoms with E-state index in [2.05, 4.69) is 20.5 Å². The van der Waals surface area contributed by atoms with Crippen LogP contribution in [0.15, 0.2) is 0 Å². The average molecular weight is 347 g/mol. The Morgan fingerprint density at radius 1 is 1.33 bits per heavy atom. The first-order valence-electron chi connectivity index (χ1n) is 8.41. The van der Waals surface area contributed by atoms with E-state index in [4.69, 9.17) is 0 Å². The zero-order chi connectivity index (χ0) is 17.4. The van der Waals surface area contributed by atoms with Gasteiger partial charge >= 0.3 is 6.03 Å². The molecule has 2 N–H and O–H groups in total. The maximum Gasteiger partial charge on any atom is 0.318 e. The van der Waals surface area contributed by atoms with Gasteiger partial charge < -0.3 is 10.2 Å². The van der Waals surface area contributed by atoms with Crippen LogP contribution in [0.2, 0.25) is 0 Å². The van der Waals surface area contributed by atoms with Gasteiger partial charge in [-0.15, -0.1) is 11.3 Å². The van der Waals surface area contributed by atoms with Crippen molar-refractivity contribution in [1.82, 2.24) is 25.4 Å². The fourth-order valence-corrected chi connectivity index (χ4v) is 4.57. The largest absolute Gasteiger partial charge is 0.331 e. The highest BCUT2D eigenvalue weighted by molar-refractivity contribution is 7.11. The van der Waals surface area contributed by atoms with Crippen LogP contribution in [0.1, 0.15) is 64.4 Å². The van der Waals surface area contributed by atoms with Gasteiger partial charge in [-0.3, -0.25) is 5.10 Å². The van der Waals surface area contributed by atoms with Gasteiger partial charge in [-0.05, 0) is 47.5 Å². The number of nitrogens with one attached hydrogen (secondary N) is 2. The minimum atomic E-state index is -0.0310. The van der Waals surface area contributed by atoms with Crippen LogP contribution in [-0.4, -0.2) is 32.7 Å². The van der Waals surface area contributed by atoms with E-state index < -0.39 is 0 Å². The molecule has 2 atom stereocenters. The lowest BCUT2D eigenvalue weighted by Gasteiger charge is -2.27. The molecule has 1 saturated heterocycles. The standard InChI is InChI=1S/C17H25N5OS/c1-9-15(10(2)21-20-9)14-7-6-8-22(14)17(23)19-12(4)16-11(3)18-13(5)24-16/h12,14H,6-8H2,1-5H3,(H,19,23)(H,20,21)/t12-,14+/m0/s1. The van der Waals surface area contributed by atoms with Crippen molar-refractivity contribution in [2.75, 3.05) is 6.54 Å². The van der Waals surface area contributed by atoms with E-state index in [1.807, 2.05) is 39.5 Å². The second-order valence-electron chi connectivity index (χ2n) is 6.55. The zero-order valence-electron chi connectivity index (χ0n) is 14.9. The molecule has 1 aliphatic rings. The van der Waals surface area contributed by atoms with E-state index in [1.165, 1.54) is 5.56 Å². The quantitative estimate of drug-likeness (QED) is 0.889. The van der Waals surface area contributed by atoms with Crippen LogP contribution in [0, 0.1) is 27.7 Å². The molecule has 0 saturated carbocycles. The number of aromatic nitrogens is 3. The first-order valence-corrected chi connectivity index (χ1v) is 9.22. The number of likely N-dealkylation sites (tertiary alicyclic amines) is 1. The molecule has 0 unspecified atom stereocenters. The van der Waals surface area contributed by atoms with E-state index in [0.29, 0.717) is 0 Å². The number of urea groups is 1. The van der Waals surface area contributed by atoms with E-state index >= 15 is 0 Å². The predicted molar refractivity (Wildman–Crippen MR) is 95.3 cm³/mol. The first kappa shape index (κ1) is 17.0. The lowest BCUT2D eigenvalue weighted by molar-refractivity contribution is 0.189. The third kappa shape index (κ3) is 3.05. The Bertz CT molecular complexity index is 731. The van der Waals surface area contributed by atoms with E-state index in [0.717, 1.165) is 46.4 Å². The van der Waals surface area contributed by atoms with Gasteiger partial charge in [0.15, 0.2) is 0 Å². The molecule has 2 amide bonds. The Kier molecular flexibility index (Phi) is 4.62. The van der Waals surface area contributed by atoms with Crippen LogP contribution in [0.4, 0.5) is 4.79 Å². The van der Waals surface area contributed by atoms with Crippen LogP contribution in [0.5, 0.6) is 0 Å². The highest BCUT2D eigenvalue weighted by Gasteiger charge is 2.33. The van der Waals surface area contributed by atoms with Gasteiger partial charge in [-0.1, -0.05) is 0 Å². The van der Waals surface area contributed by atoms with Crippen molar-refractivity contribution >= 4 is 17.4 Å². The summed E-state index contributed by atoms with van der Waals surface area (Å²) >= 11 is 1.65. The molecule has 130 valence electrons. The number of aryl methyl sites for hydroxylation is 4. The van der Waals surface area contributed by atoms with Crippen LogP contribution >= 0.6 is 11.3 Å². The zero-order valence-corrected chi connectivity index (χ0v) is 15.8. The minimum Gasteiger partial charge on any atom is -0.331 e. The molecule has 2 aromatic rings. The summed E-state index contributed by atoms with van der Waals surface area (Å²) < 4.78 is 0. The molecule has 0 radical (unpaired) electrons. The lowest BCUT2D eigenvalue weighted by atomic mass is 10.0. The van der Waals surface area contributed by atoms with Gasteiger partial charge in [-0.2, -0.15) is 5.10 Å². The van der Waals surface area contributed by atoms with E-state index in [9.17, 15) is 4.79 Å². The number of carbonyl (C=O) groups excluding carboxylic acids is 1. The Balaban J connectivity index is 1.75. The fraction of sp³-hybridized carbons (Fsp3) is 0.588. The number of amides is 2. The molecule has 0 aromatic carbocycles. The van der Waals surface area contributed by atoms with Crippen molar-refractivity contribution in [3.8, 4) is 0 Å². The molecule has 7 heteroatoms. The highest BCUT2D eigenvalue weighted by Crippen LogP contribution is 2.35. The summed E-state index contributed by atoms with van der Waals surface area (Å²) in [6, 6.07) is 0.0761. The molecule has 0 bridgehead atoms. The molecular formula is C17H25N5OS. The van der Waals surface area contributed by atoms with Crippen molar-refractivity contribution in [3.63, 3.8) is 0 Å². The number of H-pyrrole nitrogens is 1. The molecule has 6 nitrogen and oxygen atoms in total. The lowest BCUT2D eigenvalue weighted by Crippen LogP contribution is -2.40. The number of thiazole rings is 1. The number of nitrogens with zero attached hydrogens (tertiary/aromatic N) is 3. The summed E-state index contributed by atoms with van der Waals surface area (Å²) in [5.41, 5.74) is 4.21. The first-order chi connectivity index (χ1) is 11.4. The van der Waals surface area contributed by atoms with Gasteiger partial charge in [0, 0.05) is 22.7 Å². The number of rotatable bonds is 3. The molecular weight excluding hydrogens is 322 g/mol. The molecule has 3 rings (SSSR count). The predicted octanol–water partition coefficient (Wildman–Crippen LogP) is 3.71. The minimum absolute atomic E-state index is 0.00421. The topological polar surface area (TPSA) is 73.9 Å². The third-order valence-corrected chi connectivity index (χ3v) is 5.96. The molecule has 0 aliphatic carbocycles. The normalized spacial score (nSPS) is 18.9. The average Bonchev–Trinajstić information content (AvgIpc) is 3.19. The Morgan fingerprint density at radius 2 is 2.08 bits per heavy atom. The monoisotopic (exact) mass is 347 g/mol. The highest BCUT2D eigenvalue weighted by atomic mass is 32.1. The number of hydrogen-bond donors (Lipinski definition) is 2. The summed E-state index contributed by atoms with van der Waals surface area (Å²) in [6.45, 7) is 10.8. The van der Waals surface area contributed by atoms with Crippen molar-refractivity contribution in [3.05, 3.63) is 32.5 Å². The molecule has 3 heterocycles. The van der Waals surface area contributed by atoms with Gasteiger partial charge in [0.25, 0.3) is 0 Å². The second-order valence-corrected chi connectivity index (χ2v) is 7.79. The number of carbonyl (C=O) groups is 1. The summed E-state index contributed by atoms with van der Waals surface area (Å²) in [6.07, 6.45) is 2.01. The second kappa shape index (κ2) is 6.55. The van der Waals surface area contributed by atoms with Crippen LogP contribution < -0.4 is 5.32 Å². The van der Waals surface area contributed by atoms with Gasteiger partial charge in [-0.25, -0.2) is 9.78 Å². The smallest absolute Gasteiger partial charge is 0.318 e. The Hall–Kier alpha value is -1.89. The molecule has 1 aliphatic heterocycles. The van der Waals surface area contributed by atoms with E-state index in [-0.39, 0.29) is 18.1 Å². The van der Waals surface area contributed by atoms with Crippen molar-refractivity contribution in [2.24, 2.45) is 0 Å². The maximum atomic E-state index is 12.8. The summed E-state index contributed by atoms with van der Waals surface area (Å²) in [5.74, 6) is 0. The Morgan fingerprint density at radius 3 is 2.67 bits per heavy atom. The number of aromatic amines is 1. The van der Waals surface area contributed by atoms with Crippen LogP contribution in [-0.2, 0) is 0 Å². The molecule has 1 fully saturated rings.